The van der Waals surface area contributed by atoms with E-state index in [1.165, 1.54) is 12.1 Å². The normalized spacial score (nSPS) is 10.5. The Morgan fingerprint density at radius 1 is 1.05 bits per heavy atom. The highest BCUT2D eigenvalue weighted by Gasteiger charge is 2.16. The summed E-state index contributed by atoms with van der Waals surface area (Å²) in [6.45, 7) is -0.0407. The van der Waals surface area contributed by atoms with Crippen molar-refractivity contribution in [3.63, 3.8) is 0 Å². The van der Waals surface area contributed by atoms with Gasteiger partial charge in [0.25, 0.3) is 0 Å². The number of halogens is 4. The quantitative estimate of drug-likeness (QED) is 0.598. The van der Waals surface area contributed by atoms with Crippen molar-refractivity contribution in [2.75, 3.05) is 5.73 Å². The fourth-order valence-corrected chi connectivity index (χ4v) is 2.43. The van der Waals surface area contributed by atoms with Gasteiger partial charge in [0, 0.05) is 11.3 Å². The SMILES string of the molecule is Nc1cc(Cl)c(Cl)c(C(=O)OCc2cccc(Cl)c2Cl)c1. The van der Waals surface area contributed by atoms with E-state index in [1.807, 2.05) is 0 Å². The molecule has 0 bridgehead atoms. The van der Waals surface area contributed by atoms with Gasteiger partial charge in [-0.05, 0) is 18.2 Å². The molecule has 0 radical (unpaired) electrons. The summed E-state index contributed by atoms with van der Waals surface area (Å²) >= 11 is 23.7. The highest BCUT2D eigenvalue weighted by atomic mass is 35.5. The smallest absolute Gasteiger partial charge is 0.340 e. The molecule has 0 heterocycles. The van der Waals surface area contributed by atoms with Crippen LogP contribution in [0.25, 0.3) is 0 Å². The van der Waals surface area contributed by atoms with E-state index in [9.17, 15) is 4.79 Å². The monoisotopic (exact) mass is 363 g/mol. The van der Waals surface area contributed by atoms with Crippen molar-refractivity contribution in [2.45, 2.75) is 6.61 Å². The first-order valence-electron chi connectivity index (χ1n) is 5.74. The summed E-state index contributed by atoms with van der Waals surface area (Å²) in [6.07, 6.45) is 0. The maximum Gasteiger partial charge on any atom is 0.340 e. The lowest BCUT2D eigenvalue weighted by Crippen LogP contribution is -2.07. The van der Waals surface area contributed by atoms with Crippen LogP contribution in [0.5, 0.6) is 0 Å². The van der Waals surface area contributed by atoms with Crippen LogP contribution in [0.15, 0.2) is 30.3 Å². The topological polar surface area (TPSA) is 52.3 Å². The van der Waals surface area contributed by atoms with Crippen molar-refractivity contribution in [3.8, 4) is 0 Å². The lowest BCUT2D eigenvalue weighted by atomic mass is 10.2. The minimum atomic E-state index is -0.648. The van der Waals surface area contributed by atoms with E-state index in [0.717, 1.165) is 0 Å². The molecule has 0 atom stereocenters. The second-order valence-electron chi connectivity index (χ2n) is 4.15. The average molecular weight is 365 g/mol. The molecule has 2 rings (SSSR count). The van der Waals surface area contributed by atoms with Crippen molar-refractivity contribution >= 4 is 58.1 Å². The van der Waals surface area contributed by atoms with Gasteiger partial charge in [0.2, 0.25) is 0 Å². The molecule has 0 fully saturated rings. The number of rotatable bonds is 3. The summed E-state index contributed by atoms with van der Waals surface area (Å²) < 4.78 is 5.16. The Morgan fingerprint density at radius 3 is 2.48 bits per heavy atom. The number of hydrogen-bond acceptors (Lipinski definition) is 3. The summed E-state index contributed by atoms with van der Waals surface area (Å²) in [4.78, 5) is 12.0. The Balaban J connectivity index is 2.18. The molecule has 0 spiro atoms. The molecule has 21 heavy (non-hydrogen) atoms. The van der Waals surface area contributed by atoms with Crippen LogP contribution in [0.4, 0.5) is 5.69 Å². The van der Waals surface area contributed by atoms with E-state index in [1.54, 1.807) is 18.2 Å². The number of benzene rings is 2. The first kappa shape index (κ1) is 16.2. The fraction of sp³-hybridized carbons (Fsp3) is 0.0714. The predicted octanol–water partition coefficient (Wildman–Crippen LogP) is 5.24. The number of anilines is 1. The minimum absolute atomic E-state index is 0.0407. The highest BCUT2D eigenvalue weighted by Crippen LogP contribution is 2.30. The summed E-state index contributed by atoms with van der Waals surface area (Å²) in [7, 11) is 0. The molecular weight excluding hydrogens is 356 g/mol. The van der Waals surface area contributed by atoms with E-state index in [4.69, 9.17) is 56.9 Å². The molecule has 7 heteroatoms. The van der Waals surface area contributed by atoms with Gasteiger partial charge >= 0.3 is 5.97 Å². The van der Waals surface area contributed by atoms with Gasteiger partial charge in [-0.2, -0.15) is 0 Å². The molecule has 0 saturated carbocycles. The third kappa shape index (κ3) is 3.74. The standard InChI is InChI=1S/C14H9Cl4NO2/c15-10-3-1-2-7(12(10)17)6-21-14(20)9-4-8(19)5-11(16)13(9)18/h1-5H,6,19H2. The largest absolute Gasteiger partial charge is 0.457 e. The zero-order valence-electron chi connectivity index (χ0n) is 10.5. The lowest BCUT2D eigenvalue weighted by Gasteiger charge is -2.10. The van der Waals surface area contributed by atoms with Gasteiger partial charge in [0.1, 0.15) is 6.61 Å². The van der Waals surface area contributed by atoms with Crippen molar-refractivity contribution < 1.29 is 9.53 Å². The Labute approximate surface area is 141 Å². The Morgan fingerprint density at radius 2 is 1.76 bits per heavy atom. The number of nitrogens with two attached hydrogens (primary N) is 1. The zero-order chi connectivity index (χ0) is 15.6. The maximum absolute atomic E-state index is 12.0. The summed E-state index contributed by atoms with van der Waals surface area (Å²) in [5.74, 6) is -0.648. The van der Waals surface area contributed by atoms with Crippen molar-refractivity contribution in [1.29, 1.82) is 0 Å². The molecule has 0 saturated heterocycles. The third-order valence-electron chi connectivity index (χ3n) is 2.66. The summed E-state index contributed by atoms with van der Waals surface area (Å²) in [6, 6.07) is 7.91. The third-order valence-corrected chi connectivity index (χ3v) is 4.32. The first-order valence-corrected chi connectivity index (χ1v) is 7.26. The Bertz CT molecular complexity index is 704. The number of carbonyl (C=O) groups excluding carboxylic acids is 1. The molecule has 0 aliphatic heterocycles. The molecule has 0 aliphatic carbocycles. The molecule has 110 valence electrons. The van der Waals surface area contributed by atoms with Gasteiger partial charge in [-0.3, -0.25) is 0 Å². The Kier molecular flexibility index (Phi) is 5.22. The number of hydrogen-bond donors (Lipinski definition) is 1. The molecule has 0 aromatic heterocycles. The molecule has 0 aliphatic rings. The zero-order valence-corrected chi connectivity index (χ0v) is 13.5. The van der Waals surface area contributed by atoms with Gasteiger partial charge in [0.05, 0.1) is 25.7 Å². The van der Waals surface area contributed by atoms with Gasteiger partial charge in [-0.25, -0.2) is 4.79 Å². The van der Waals surface area contributed by atoms with Crippen molar-refractivity contribution in [2.24, 2.45) is 0 Å². The maximum atomic E-state index is 12.0. The van der Waals surface area contributed by atoms with Gasteiger partial charge in [-0.1, -0.05) is 58.5 Å². The van der Waals surface area contributed by atoms with Crippen LogP contribution < -0.4 is 5.73 Å². The van der Waals surface area contributed by atoms with Crippen LogP contribution in [0.1, 0.15) is 15.9 Å². The first-order chi connectivity index (χ1) is 9.90. The molecule has 0 amide bonds. The lowest BCUT2D eigenvalue weighted by molar-refractivity contribution is 0.0473. The van der Waals surface area contributed by atoms with E-state index in [2.05, 4.69) is 0 Å². The Hall–Kier alpha value is -1.13. The van der Waals surface area contributed by atoms with Gasteiger partial charge in [-0.15, -0.1) is 0 Å². The summed E-state index contributed by atoms with van der Waals surface area (Å²) in [5, 5.41) is 0.997. The average Bonchev–Trinajstić information content (AvgIpc) is 2.44. The second kappa shape index (κ2) is 6.75. The molecule has 2 aromatic rings. The van der Waals surface area contributed by atoms with E-state index in [-0.39, 0.29) is 22.2 Å². The van der Waals surface area contributed by atoms with Crippen LogP contribution in [-0.2, 0) is 11.3 Å². The number of nitrogen functional groups attached to an aromatic ring is 1. The van der Waals surface area contributed by atoms with Gasteiger partial charge in [0.15, 0.2) is 0 Å². The van der Waals surface area contributed by atoms with Crippen molar-refractivity contribution in [1.82, 2.24) is 0 Å². The predicted molar refractivity (Wildman–Crippen MR) is 86.5 cm³/mol. The van der Waals surface area contributed by atoms with E-state index >= 15 is 0 Å². The molecule has 3 nitrogen and oxygen atoms in total. The van der Waals surface area contributed by atoms with E-state index < -0.39 is 5.97 Å². The number of carbonyl (C=O) groups is 1. The van der Waals surface area contributed by atoms with Crippen LogP contribution in [-0.4, -0.2) is 5.97 Å². The molecular formula is C14H9Cl4NO2. The van der Waals surface area contributed by atoms with Crippen LogP contribution in [0, 0.1) is 0 Å². The van der Waals surface area contributed by atoms with Crippen molar-refractivity contribution in [3.05, 3.63) is 61.5 Å². The highest BCUT2D eigenvalue weighted by molar-refractivity contribution is 6.44. The summed E-state index contributed by atoms with van der Waals surface area (Å²) in [5.41, 5.74) is 6.63. The number of ether oxygens (including phenoxy) is 1. The molecule has 0 unspecified atom stereocenters. The van der Waals surface area contributed by atoms with E-state index in [0.29, 0.717) is 21.3 Å². The fourth-order valence-electron chi connectivity index (χ4n) is 1.64. The second-order valence-corrected chi connectivity index (χ2v) is 5.72. The minimum Gasteiger partial charge on any atom is -0.457 e. The number of esters is 1. The van der Waals surface area contributed by atoms with Gasteiger partial charge < -0.3 is 10.5 Å². The molecule has 2 aromatic carbocycles. The van der Waals surface area contributed by atoms with Crippen LogP contribution in [0.2, 0.25) is 20.1 Å². The molecule has 2 N–H and O–H groups in total. The van der Waals surface area contributed by atoms with Crippen LogP contribution >= 0.6 is 46.4 Å². The van der Waals surface area contributed by atoms with Crippen LogP contribution in [0.3, 0.4) is 0 Å².